The van der Waals surface area contributed by atoms with Crippen molar-refractivity contribution < 1.29 is 4.39 Å². The zero-order valence-electron chi connectivity index (χ0n) is 17.8. The fourth-order valence-corrected chi connectivity index (χ4v) is 3.30. The molecule has 0 saturated carbocycles. The Balaban J connectivity index is 0.00000392. The topological polar surface area (TPSA) is 54.2 Å². The maximum absolute atomic E-state index is 13.6. The molecule has 156 valence electrons. The molecule has 0 unspecified atom stereocenters. The van der Waals surface area contributed by atoms with Gasteiger partial charge >= 0.3 is 0 Å². The number of hydrogen-bond acceptors (Lipinski definition) is 2. The summed E-state index contributed by atoms with van der Waals surface area (Å²) in [6.45, 7) is 9.78. The first-order valence-corrected chi connectivity index (χ1v) is 9.56. The molecule has 2 rings (SSSR count). The molecule has 2 aromatic rings. The van der Waals surface area contributed by atoms with E-state index in [9.17, 15) is 4.39 Å². The molecule has 0 aliphatic rings. The van der Waals surface area contributed by atoms with E-state index in [1.165, 1.54) is 17.3 Å². The average molecular weight is 501 g/mol. The number of rotatable bonds is 7. The van der Waals surface area contributed by atoms with Gasteiger partial charge in [0, 0.05) is 43.9 Å². The highest BCUT2D eigenvalue weighted by Gasteiger charge is 2.21. The highest BCUT2D eigenvalue weighted by atomic mass is 127. The Morgan fingerprint density at radius 3 is 2.50 bits per heavy atom. The van der Waals surface area contributed by atoms with Crippen LogP contribution in [0.15, 0.2) is 29.3 Å². The molecule has 1 aromatic carbocycles. The second-order valence-electron chi connectivity index (χ2n) is 7.38. The molecule has 5 nitrogen and oxygen atoms in total. The summed E-state index contributed by atoms with van der Waals surface area (Å²) in [6, 6.07) is 6.77. The minimum atomic E-state index is -0.225. The van der Waals surface area contributed by atoms with Crippen molar-refractivity contribution in [3.8, 4) is 0 Å². The summed E-state index contributed by atoms with van der Waals surface area (Å²) in [7, 11) is 3.76. The lowest BCUT2D eigenvalue weighted by Gasteiger charge is -2.27. The number of guanidine groups is 1. The third kappa shape index (κ3) is 5.93. The molecule has 7 heteroatoms. The van der Waals surface area contributed by atoms with Crippen molar-refractivity contribution in [1.29, 1.82) is 0 Å². The van der Waals surface area contributed by atoms with Crippen LogP contribution in [0, 0.1) is 5.82 Å². The van der Waals surface area contributed by atoms with Crippen molar-refractivity contribution in [3.05, 3.63) is 52.6 Å². The highest BCUT2D eigenvalue weighted by Crippen LogP contribution is 2.22. The molecule has 0 fully saturated rings. The third-order valence-corrected chi connectivity index (χ3v) is 4.99. The molecule has 28 heavy (non-hydrogen) atoms. The Bertz CT molecular complexity index is 798. The lowest BCUT2D eigenvalue weighted by Crippen LogP contribution is -2.43. The van der Waals surface area contributed by atoms with Gasteiger partial charge in [0.1, 0.15) is 5.82 Å². The first-order chi connectivity index (χ1) is 12.8. The second kappa shape index (κ2) is 10.8. The minimum Gasteiger partial charge on any atom is -0.356 e. The van der Waals surface area contributed by atoms with Crippen LogP contribution in [0.25, 0.3) is 0 Å². The lowest BCUT2D eigenvalue weighted by atomic mass is 9.84. The summed E-state index contributed by atoms with van der Waals surface area (Å²) in [4.78, 5) is 4.33. The molecular weight excluding hydrogens is 468 g/mol. The number of hydrogen-bond donors (Lipinski definition) is 2. The van der Waals surface area contributed by atoms with Crippen LogP contribution in [0.4, 0.5) is 4.39 Å². The van der Waals surface area contributed by atoms with Gasteiger partial charge in [-0.05, 0) is 30.5 Å². The van der Waals surface area contributed by atoms with Gasteiger partial charge < -0.3 is 10.6 Å². The molecule has 0 atom stereocenters. The summed E-state index contributed by atoms with van der Waals surface area (Å²) in [6.07, 6.45) is 1.85. The van der Waals surface area contributed by atoms with Crippen LogP contribution in [-0.2, 0) is 31.8 Å². The van der Waals surface area contributed by atoms with Crippen LogP contribution in [0.1, 0.15) is 50.2 Å². The van der Waals surface area contributed by atoms with Gasteiger partial charge in [0.15, 0.2) is 5.96 Å². The zero-order valence-corrected chi connectivity index (χ0v) is 20.1. The van der Waals surface area contributed by atoms with Gasteiger partial charge in [0.05, 0.1) is 5.69 Å². The average Bonchev–Trinajstić information content (AvgIpc) is 2.96. The number of aryl methyl sites for hydroxylation is 2. The van der Waals surface area contributed by atoms with E-state index in [4.69, 9.17) is 0 Å². The number of aliphatic imine (C=N–C) groups is 1. The zero-order chi connectivity index (χ0) is 20.0. The van der Waals surface area contributed by atoms with Crippen LogP contribution < -0.4 is 10.6 Å². The van der Waals surface area contributed by atoms with Crippen molar-refractivity contribution in [1.82, 2.24) is 20.4 Å². The maximum Gasteiger partial charge on any atom is 0.191 e. The Hall–Kier alpha value is -1.64. The molecule has 2 N–H and O–H groups in total. The van der Waals surface area contributed by atoms with Gasteiger partial charge in [0.25, 0.3) is 0 Å². The normalized spacial score (nSPS) is 11.9. The van der Waals surface area contributed by atoms with E-state index in [0.717, 1.165) is 30.1 Å². The standard InChI is InChI=1S/C21H32FN5.HI/c1-7-18-17(19(8-2)27(6)26-18)13-24-20(23-5)25-14-21(3,4)15-10-9-11-16(22)12-15;/h9-12H,7-8,13-14H2,1-6H3,(H2,23,24,25);1H. The SMILES string of the molecule is CCc1nn(C)c(CC)c1CNC(=NC)NCC(C)(C)c1cccc(F)c1.I. The Labute approximate surface area is 185 Å². The van der Waals surface area contributed by atoms with Crippen LogP contribution in [0.3, 0.4) is 0 Å². The third-order valence-electron chi connectivity index (χ3n) is 4.99. The largest absolute Gasteiger partial charge is 0.356 e. The second-order valence-corrected chi connectivity index (χ2v) is 7.38. The molecule has 0 amide bonds. The number of halogens is 2. The fraction of sp³-hybridized carbons (Fsp3) is 0.524. The van der Waals surface area contributed by atoms with Gasteiger partial charge in [-0.2, -0.15) is 5.10 Å². The van der Waals surface area contributed by atoms with Gasteiger partial charge in [-0.25, -0.2) is 4.39 Å². The van der Waals surface area contributed by atoms with E-state index in [1.54, 1.807) is 19.2 Å². The van der Waals surface area contributed by atoms with Crippen LogP contribution in [0.5, 0.6) is 0 Å². The quantitative estimate of drug-likeness (QED) is 0.343. The Kier molecular flexibility index (Phi) is 9.39. The molecule has 0 aliphatic carbocycles. The first kappa shape index (κ1) is 24.4. The van der Waals surface area contributed by atoms with E-state index >= 15 is 0 Å². The number of nitrogens with one attached hydrogen (secondary N) is 2. The van der Waals surface area contributed by atoms with E-state index in [-0.39, 0.29) is 35.2 Å². The van der Waals surface area contributed by atoms with E-state index in [2.05, 4.69) is 48.4 Å². The molecule has 0 saturated heterocycles. The van der Waals surface area contributed by atoms with Crippen molar-refractivity contribution in [2.45, 2.75) is 52.5 Å². The maximum atomic E-state index is 13.6. The Morgan fingerprint density at radius 2 is 1.93 bits per heavy atom. The number of aromatic nitrogens is 2. The van der Waals surface area contributed by atoms with Crippen molar-refractivity contribution in [2.24, 2.45) is 12.0 Å². The van der Waals surface area contributed by atoms with E-state index in [0.29, 0.717) is 13.1 Å². The highest BCUT2D eigenvalue weighted by molar-refractivity contribution is 14.0. The predicted molar refractivity (Wildman–Crippen MR) is 125 cm³/mol. The summed E-state index contributed by atoms with van der Waals surface area (Å²) >= 11 is 0. The summed E-state index contributed by atoms with van der Waals surface area (Å²) in [5.74, 6) is 0.520. The smallest absolute Gasteiger partial charge is 0.191 e. The molecule has 0 bridgehead atoms. The van der Waals surface area contributed by atoms with Crippen molar-refractivity contribution in [2.75, 3.05) is 13.6 Å². The summed E-state index contributed by atoms with van der Waals surface area (Å²) in [5.41, 5.74) is 4.35. The van der Waals surface area contributed by atoms with Crippen LogP contribution in [0.2, 0.25) is 0 Å². The Morgan fingerprint density at radius 1 is 1.21 bits per heavy atom. The fourth-order valence-electron chi connectivity index (χ4n) is 3.30. The van der Waals surface area contributed by atoms with Crippen LogP contribution in [-0.4, -0.2) is 29.3 Å². The monoisotopic (exact) mass is 501 g/mol. The van der Waals surface area contributed by atoms with Gasteiger partial charge in [-0.15, -0.1) is 24.0 Å². The number of benzene rings is 1. The van der Waals surface area contributed by atoms with Gasteiger partial charge in [-0.1, -0.05) is 39.8 Å². The molecule has 0 radical (unpaired) electrons. The first-order valence-electron chi connectivity index (χ1n) is 9.56. The summed E-state index contributed by atoms with van der Waals surface area (Å²) < 4.78 is 15.5. The van der Waals surface area contributed by atoms with E-state index in [1.807, 2.05) is 17.8 Å². The van der Waals surface area contributed by atoms with Crippen LogP contribution >= 0.6 is 24.0 Å². The van der Waals surface area contributed by atoms with Gasteiger partial charge in [0.2, 0.25) is 0 Å². The van der Waals surface area contributed by atoms with E-state index < -0.39 is 0 Å². The minimum absolute atomic E-state index is 0. The molecule has 0 spiro atoms. The van der Waals surface area contributed by atoms with Gasteiger partial charge in [-0.3, -0.25) is 9.67 Å². The lowest BCUT2D eigenvalue weighted by molar-refractivity contribution is 0.503. The number of nitrogens with zero attached hydrogens (tertiary/aromatic N) is 3. The molecular formula is C21H33FIN5. The molecule has 1 aromatic heterocycles. The van der Waals surface area contributed by atoms with Crippen molar-refractivity contribution in [3.63, 3.8) is 0 Å². The molecule has 0 aliphatic heterocycles. The van der Waals surface area contributed by atoms with Crippen molar-refractivity contribution >= 4 is 29.9 Å². The predicted octanol–water partition coefficient (Wildman–Crippen LogP) is 3.94. The summed E-state index contributed by atoms with van der Waals surface area (Å²) in [5, 5.41) is 11.4. The molecule has 1 heterocycles.